The van der Waals surface area contributed by atoms with Crippen LogP contribution in [-0.2, 0) is 29.0 Å². The Morgan fingerprint density at radius 1 is 0.820 bits per heavy atom. The molecule has 262 valence electrons. The molecule has 3 N–H and O–H groups in total. The van der Waals surface area contributed by atoms with Crippen molar-refractivity contribution in [2.24, 2.45) is 5.73 Å². The lowest BCUT2D eigenvalue weighted by atomic mass is 9.97. The third-order valence-electron chi connectivity index (χ3n) is 9.88. The summed E-state index contributed by atoms with van der Waals surface area (Å²) in [5.41, 5.74) is 10.8. The molecule has 50 heavy (non-hydrogen) atoms. The van der Waals surface area contributed by atoms with Crippen LogP contribution < -0.4 is 11.1 Å². The fraction of sp³-hybridized carbons (Fsp3) is 0.341. The number of nitrogens with one attached hydrogen (secondary N) is 1. The van der Waals surface area contributed by atoms with Crippen molar-refractivity contribution in [2.75, 3.05) is 34.2 Å². The van der Waals surface area contributed by atoms with Crippen LogP contribution in [-0.4, -0.2) is 84.8 Å². The van der Waals surface area contributed by atoms with Gasteiger partial charge in [0.25, 0.3) is 5.91 Å². The van der Waals surface area contributed by atoms with E-state index in [9.17, 15) is 18.8 Å². The molecule has 1 heterocycles. The fourth-order valence-electron chi connectivity index (χ4n) is 6.72. The molecule has 8 nitrogen and oxygen atoms in total. The summed E-state index contributed by atoms with van der Waals surface area (Å²) in [6.07, 6.45) is 3.46. The summed E-state index contributed by atoms with van der Waals surface area (Å²) in [4.78, 5) is 47.6. The molecule has 1 aliphatic heterocycles. The lowest BCUT2D eigenvalue weighted by Crippen LogP contribution is -2.56. The molecule has 4 aromatic rings. The first-order valence-electron chi connectivity index (χ1n) is 17.3. The molecule has 1 aliphatic rings. The number of nitrogens with two attached hydrogens (primary N) is 1. The third kappa shape index (κ3) is 9.22. The van der Waals surface area contributed by atoms with E-state index in [1.165, 1.54) is 21.9 Å². The molecule has 9 heteroatoms. The van der Waals surface area contributed by atoms with Crippen LogP contribution in [0.4, 0.5) is 4.39 Å². The van der Waals surface area contributed by atoms with Crippen molar-refractivity contribution >= 4 is 17.7 Å². The number of nitrogens with zero attached hydrogens (tertiary/aromatic N) is 3. The smallest absolute Gasteiger partial charge is 0.254 e. The molecular formula is C41H48FN5O3. The molecule has 3 amide bonds. The van der Waals surface area contributed by atoms with Crippen LogP contribution in [0.1, 0.15) is 46.3 Å². The van der Waals surface area contributed by atoms with Crippen molar-refractivity contribution in [3.8, 4) is 11.1 Å². The quantitative estimate of drug-likeness (QED) is 0.189. The van der Waals surface area contributed by atoms with E-state index in [-0.39, 0.29) is 42.9 Å². The van der Waals surface area contributed by atoms with Crippen LogP contribution in [0.15, 0.2) is 103 Å². The van der Waals surface area contributed by atoms with E-state index in [0.29, 0.717) is 18.2 Å². The van der Waals surface area contributed by atoms with Crippen LogP contribution in [0.3, 0.4) is 0 Å². The number of amides is 3. The van der Waals surface area contributed by atoms with E-state index in [1.54, 1.807) is 44.4 Å². The summed E-state index contributed by atoms with van der Waals surface area (Å²) in [5, 5.41) is 3.07. The zero-order chi connectivity index (χ0) is 35.6. The Balaban J connectivity index is 1.42. The Hall–Kier alpha value is -4.86. The van der Waals surface area contributed by atoms with Gasteiger partial charge in [0.1, 0.15) is 17.9 Å². The molecule has 0 radical (unpaired) electrons. The number of rotatable bonds is 14. The highest BCUT2D eigenvalue weighted by molar-refractivity contribution is 5.98. The normalized spacial score (nSPS) is 15.7. The topological polar surface area (TPSA) is 99.0 Å². The second-order valence-corrected chi connectivity index (χ2v) is 13.3. The first-order chi connectivity index (χ1) is 24.1. The first kappa shape index (κ1) is 36.4. The molecule has 1 unspecified atom stereocenters. The standard InChI is InChI=1S/C41H48FN5O3/c1-45-24-8-13-36(45)22-23-44-39(48)37(26-30-16-20-35(42)21-17-30)46(2)41(50)38(47(3)40(49)34-12-7-9-31(25-34)28-43)27-29-14-18-33(19-15-29)32-10-5-4-6-11-32/h4-7,9-12,14-21,25,36-38H,8,13,22-24,26-28,43H2,1-3H3,(H,44,48)/t36?,37-,38-/m1/s1. The molecular weight excluding hydrogens is 629 g/mol. The molecule has 0 aromatic heterocycles. The van der Waals surface area contributed by atoms with Crippen LogP contribution in [0.5, 0.6) is 0 Å². The summed E-state index contributed by atoms with van der Waals surface area (Å²) in [6.45, 7) is 1.80. The van der Waals surface area contributed by atoms with Crippen molar-refractivity contribution in [2.45, 2.75) is 56.8 Å². The summed E-state index contributed by atoms with van der Waals surface area (Å²) in [5.74, 6) is -1.37. The van der Waals surface area contributed by atoms with Crippen LogP contribution in [0.2, 0.25) is 0 Å². The van der Waals surface area contributed by atoms with E-state index in [2.05, 4.69) is 17.3 Å². The second kappa shape index (κ2) is 17.2. The van der Waals surface area contributed by atoms with E-state index in [4.69, 9.17) is 5.73 Å². The van der Waals surface area contributed by atoms with Crippen molar-refractivity contribution in [3.63, 3.8) is 0 Å². The minimum Gasteiger partial charge on any atom is -0.354 e. The predicted octanol–water partition coefficient (Wildman–Crippen LogP) is 5.30. The van der Waals surface area contributed by atoms with Crippen molar-refractivity contribution < 1.29 is 18.8 Å². The van der Waals surface area contributed by atoms with Gasteiger partial charge in [-0.1, -0.05) is 78.9 Å². The number of carbonyl (C=O) groups excluding carboxylic acids is 3. The molecule has 1 saturated heterocycles. The molecule has 3 atom stereocenters. The molecule has 0 saturated carbocycles. The molecule has 0 aliphatic carbocycles. The van der Waals surface area contributed by atoms with Crippen molar-refractivity contribution in [3.05, 3.63) is 131 Å². The minimum atomic E-state index is -0.924. The lowest BCUT2D eigenvalue weighted by molar-refractivity contribution is -0.142. The van der Waals surface area contributed by atoms with E-state index in [1.807, 2.05) is 60.7 Å². The summed E-state index contributed by atoms with van der Waals surface area (Å²) >= 11 is 0. The maximum atomic E-state index is 14.6. The maximum Gasteiger partial charge on any atom is 0.254 e. The molecule has 1 fully saturated rings. The molecule has 5 rings (SSSR count). The summed E-state index contributed by atoms with van der Waals surface area (Å²) < 4.78 is 13.8. The van der Waals surface area contributed by atoms with Gasteiger partial charge in [0.2, 0.25) is 11.8 Å². The number of benzene rings is 4. The van der Waals surface area contributed by atoms with Gasteiger partial charge in [0.15, 0.2) is 0 Å². The van der Waals surface area contributed by atoms with Gasteiger partial charge < -0.3 is 25.8 Å². The number of likely N-dealkylation sites (tertiary alicyclic amines) is 1. The highest BCUT2D eigenvalue weighted by Crippen LogP contribution is 2.23. The number of hydrogen-bond acceptors (Lipinski definition) is 5. The SMILES string of the molecule is CN1CCCC1CCNC(=O)[C@@H](Cc1ccc(F)cc1)N(C)C(=O)[C@@H](Cc1ccc(-c2ccccc2)cc1)N(C)C(=O)c1cccc(CN)c1. The lowest BCUT2D eigenvalue weighted by Gasteiger charge is -2.35. The fourth-order valence-corrected chi connectivity index (χ4v) is 6.72. The average Bonchev–Trinajstić information content (AvgIpc) is 3.56. The van der Waals surface area contributed by atoms with E-state index >= 15 is 0 Å². The first-order valence-corrected chi connectivity index (χ1v) is 17.3. The van der Waals surface area contributed by atoms with Gasteiger partial charge in [0.05, 0.1) is 0 Å². The van der Waals surface area contributed by atoms with Crippen LogP contribution in [0, 0.1) is 5.82 Å². The zero-order valence-corrected chi connectivity index (χ0v) is 29.2. The number of carbonyl (C=O) groups is 3. The van der Waals surface area contributed by atoms with Gasteiger partial charge in [0, 0.05) is 51.6 Å². The highest BCUT2D eigenvalue weighted by atomic mass is 19.1. The molecule has 0 bridgehead atoms. The maximum absolute atomic E-state index is 14.6. The van der Waals surface area contributed by atoms with Gasteiger partial charge in [-0.2, -0.15) is 0 Å². The average molecular weight is 678 g/mol. The Morgan fingerprint density at radius 2 is 1.46 bits per heavy atom. The number of halogens is 1. The molecule has 0 spiro atoms. The largest absolute Gasteiger partial charge is 0.354 e. The van der Waals surface area contributed by atoms with Gasteiger partial charge in [-0.05, 0) is 84.9 Å². The Bertz CT molecular complexity index is 1730. The molecule has 4 aromatic carbocycles. The summed E-state index contributed by atoms with van der Waals surface area (Å²) in [6, 6.07) is 29.6. The highest BCUT2D eigenvalue weighted by Gasteiger charge is 2.35. The van der Waals surface area contributed by atoms with Crippen LogP contribution in [0.25, 0.3) is 11.1 Å². The van der Waals surface area contributed by atoms with Gasteiger partial charge in [-0.25, -0.2) is 4.39 Å². The third-order valence-corrected chi connectivity index (χ3v) is 9.88. The van der Waals surface area contributed by atoms with Crippen LogP contribution >= 0.6 is 0 Å². The Kier molecular flexibility index (Phi) is 12.5. The van der Waals surface area contributed by atoms with E-state index in [0.717, 1.165) is 53.6 Å². The van der Waals surface area contributed by atoms with Gasteiger partial charge in [-0.15, -0.1) is 0 Å². The number of likely N-dealkylation sites (N-methyl/N-ethyl adjacent to an activating group) is 2. The Labute approximate surface area is 295 Å². The predicted molar refractivity (Wildman–Crippen MR) is 196 cm³/mol. The van der Waals surface area contributed by atoms with Gasteiger partial charge >= 0.3 is 0 Å². The van der Waals surface area contributed by atoms with Crippen molar-refractivity contribution in [1.29, 1.82) is 0 Å². The monoisotopic (exact) mass is 677 g/mol. The van der Waals surface area contributed by atoms with E-state index < -0.39 is 12.1 Å². The van der Waals surface area contributed by atoms with Gasteiger partial charge in [-0.3, -0.25) is 14.4 Å². The minimum absolute atomic E-state index is 0.187. The Morgan fingerprint density at radius 3 is 2.10 bits per heavy atom. The van der Waals surface area contributed by atoms with Crippen molar-refractivity contribution in [1.82, 2.24) is 20.0 Å². The number of hydrogen-bond donors (Lipinski definition) is 2. The second-order valence-electron chi connectivity index (χ2n) is 13.3. The zero-order valence-electron chi connectivity index (χ0n) is 29.2. The summed E-state index contributed by atoms with van der Waals surface area (Å²) in [7, 11) is 5.34.